The zero-order chi connectivity index (χ0) is 19.3. The lowest BCUT2D eigenvalue weighted by Gasteiger charge is -2.04. The Bertz CT molecular complexity index is 1090. The van der Waals surface area contributed by atoms with Gasteiger partial charge in [0.2, 0.25) is 0 Å². The van der Waals surface area contributed by atoms with Gasteiger partial charge in [-0.15, -0.1) is 11.3 Å². The molecule has 2 heterocycles. The summed E-state index contributed by atoms with van der Waals surface area (Å²) >= 11 is 1.58. The molecule has 5 nitrogen and oxygen atoms in total. The van der Waals surface area contributed by atoms with Crippen LogP contribution in [0, 0.1) is 0 Å². The quantitative estimate of drug-likeness (QED) is 0.440. The molecular weight excluding hydrogens is 370 g/mol. The Balaban J connectivity index is 1.51. The molecule has 0 atom stereocenters. The molecule has 0 unspecified atom stereocenters. The SMILES string of the molecule is CCOC(=O)c1cnn(Cc2nc(-c3cccc(-c4ccccc4)c3)cs2)c1. The number of carbonyl (C=O) groups excluding carboxylic acids is 1. The van der Waals surface area contributed by atoms with Gasteiger partial charge < -0.3 is 4.74 Å². The van der Waals surface area contributed by atoms with Crippen molar-refractivity contribution < 1.29 is 9.53 Å². The highest BCUT2D eigenvalue weighted by Crippen LogP contribution is 2.27. The van der Waals surface area contributed by atoms with Gasteiger partial charge in [0.15, 0.2) is 0 Å². The van der Waals surface area contributed by atoms with Crippen LogP contribution >= 0.6 is 11.3 Å². The summed E-state index contributed by atoms with van der Waals surface area (Å²) < 4.78 is 6.70. The summed E-state index contributed by atoms with van der Waals surface area (Å²) in [6.45, 7) is 2.65. The lowest BCUT2D eigenvalue weighted by molar-refractivity contribution is 0.0526. The number of nitrogens with zero attached hydrogens (tertiary/aromatic N) is 3. The molecule has 2 aromatic heterocycles. The maximum absolute atomic E-state index is 11.8. The van der Waals surface area contributed by atoms with E-state index in [0.29, 0.717) is 18.7 Å². The summed E-state index contributed by atoms with van der Waals surface area (Å²) in [4.78, 5) is 16.5. The van der Waals surface area contributed by atoms with Crippen molar-refractivity contribution in [1.29, 1.82) is 0 Å². The molecular formula is C22H19N3O2S. The first-order valence-corrected chi connectivity index (χ1v) is 9.90. The van der Waals surface area contributed by atoms with Gasteiger partial charge in [0, 0.05) is 17.1 Å². The monoisotopic (exact) mass is 389 g/mol. The molecule has 0 spiro atoms. The van der Waals surface area contributed by atoms with E-state index in [2.05, 4.69) is 46.9 Å². The zero-order valence-electron chi connectivity index (χ0n) is 15.4. The summed E-state index contributed by atoms with van der Waals surface area (Å²) in [6, 6.07) is 18.7. The van der Waals surface area contributed by atoms with Gasteiger partial charge in [-0.1, -0.05) is 48.5 Å². The molecule has 0 saturated carbocycles. The molecule has 0 saturated heterocycles. The molecule has 4 aromatic rings. The predicted molar refractivity (Wildman–Crippen MR) is 110 cm³/mol. The van der Waals surface area contributed by atoms with E-state index in [1.807, 2.05) is 18.2 Å². The molecule has 0 N–H and O–H groups in total. The standard InChI is InChI=1S/C22H19N3O2S/c1-2-27-22(26)19-12-23-25(13-19)14-21-24-20(15-28-21)18-10-6-9-17(11-18)16-7-4-3-5-8-16/h3-13,15H,2,14H2,1H3. The van der Waals surface area contributed by atoms with Crippen LogP contribution in [0.25, 0.3) is 22.4 Å². The molecule has 4 rings (SSSR count). The van der Waals surface area contributed by atoms with Crippen LogP contribution in [-0.2, 0) is 11.3 Å². The number of rotatable bonds is 6. The van der Waals surface area contributed by atoms with Crippen LogP contribution in [0.5, 0.6) is 0 Å². The minimum absolute atomic E-state index is 0.349. The van der Waals surface area contributed by atoms with E-state index >= 15 is 0 Å². The van der Waals surface area contributed by atoms with E-state index in [9.17, 15) is 4.79 Å². The van der Waals surface area contributed by atoms with Gasteiger partial charge in [-0.3, -0.25) is 4.68 Å². The van der Waals surface area contributed by atoms with Gasteiger partial charge in [-0.05, 0) is 24.1 Å². The van der Waals surface area contributed by atoms with Crippen LogP contribution in [0.1, 0.15) is 22.3 Å². The maximum atomic E-state index is 11.8. The van der Waals surface area contributed by atoms with Gasteiger partial charge >= 0.3 is 5.97 Å². The third-order valence-corrected chi connectivity index (χ3v) is 5.09. The number of thiazole rings is 1. The van der Waals surface area contributed by atoms with E-state index in [-0.39, 0.29) is 5.97 Å². The van der Waals surface area contributed by atoms with Crippen molar-refractivity contribution in [2.45, 2.75) is 13.5 Å². The first-order chi connectivity index (χ1) is 13.7. The van der Waals surface area contributed by atoms with Crippen LogP contribution < -0.4 is 0 Å². The summed E-state index contributed by atoms with van der Waals surface area (Å²) in [7, 11) is 0. The van der Waals surface area contributed by atoms with Gasteiger partial charge in [-0.25, -0.2) is 9.78 Å². The van der Waals surface area contributed by atoms with Crippen LogP contribution in [0.3, 0.4) is 0 Å². The number of benzene rings is 2. The number of aromatic nitrogens is 3. The Morgan fingerprint density at radius 3 is 2.68 bits per heavy atom. The average molecular weight is 389 g/mol. The molecule has 0 aliphatic carbocycles. The Labute approximate surface area is 167 Å². The van der Waals surface area contributed by atoms with Gasteiger partial charge in [0.1, 0.15) is 5.01 Å². The van der Waals surface area contributed by atoms with E-state index in [1.165, 1.54) is 17.3 Å². The molecule has 0 bridgehead atoms. The minimum atomic E-state index is -0.355. The lowest BCUT2D eigenvalue weighted by atomic mass is 10.0. The van der Waals surface area contributed by atoms with E-state index in [4.69, 9.17) is 9.72 Å². The number of ether oxygens (including phenoxy) is 1. The second-order valence-corrected chi connectivity index (χ2v) is 7.16. The molecule has 0 amide bonds. The van der Waals surface area contributed by atoms with Crippen LogP contribution in [0.4, 0.5) is 0 Å². The van der Waals surface area contributed by atoms with Gasteiger partial charge in [-0.2, -0.15) is 5.10 Å². The topological polar surface area (TPSA) is 57.0 Å². The molecule has 0 aliphatic heterocycles. The van der Waals surface area contributed by atoms with Crippen molar-refractivity contribution in [3.8, 4) is 22.4 Å². The van der Waals surface area contributed by atoms with Crippen molar-refractivity contribution in [3.05, 3.63) is 82.9 Å². The highest BCUT2D eigenvalue weighted by molar-refractivity contribution is 7.09. The van der Waals surface area contributed by atoms with E-state index in [1.54, 1.807) is 29.1 Å². The molecule has 0 radical (unpaired) electrons. The summed E-state index contributed by atoms with van der Waals surface area (Å²) in [6.07, 6.45) is 3.21. The summed E-state index contributed by atoms with van der Waals surface area (Å²) in [5.41, 5.74) is 4.82. The van der Waals surface area contributed by atoms with Crippen molar-refractivity contribution >= 4 is 17.3 Å². The Morgan fingerprint density at radius 2 is 1.86 bits per heavy atom. The number of carbonyl (C=O) groups is 1. The summed E-state index contributed by atoms with van der Waals surface area (Å²) in [5, 5.41) is 7.21. The minimum Gasteiger partial charge on any atom is -0.462 e. The predicted octanol–water partition coefficient (Wildman–Crippen LogP) is 4.90. The third kappa shape index (κ3) is 4.02. The van der Waals surface area contributed by atoms with Crippen molar-refractivity contribution in [2.75, 3.05) is 6.61 Å². The fourth-order valence-electron chi connectivity index (χ4n) is 2.91. The molecule has 140 valence electrons. The fraction of sp³-hybridized carbons (Fsp3) is 0.136. The first-order valence-electron chi connectivity index (χ1n) is 9.03. The first kappa shape index (κ1) is 18.1. The van der Waals surface area contributed by atoms with Crippen molar-refractivity contribution in [2.24, 2.45) is 0 Å². The third-order valence-electron chi connectivity index (χ3n) is 4.26. The highest BCUT2D eigenvalue weighted by atomic mass is 32.1. The van der Waals surface area contributed by atoms with Crippen LogP contribution in [-0.4, -0.2) is 27.3 Å². The Hall–Kier alpha value is -3.25. The highest BCUT2D eigenvalue weighted by Gasteiger charge is 2.11. The van der Waals surface area contributed by atoms with Crippen molar-refractivity contribution in [3.63, 3.8) is 0 Å². The maximum Gasteiger partial charge on any atom is 0.341 e. The van der Waals surface area contributed by atoms with Gasteiger partial charge in [0.25, 0.3) is 0 Å². The smallest absolute Gasteiger partial charge is 0.341 e. The molecule has 28 heavy (non-hydrogen) atoms. The number of hydrogen-bond donors (Lipinski definition) is 0. The van der Waals surface area contributed by atoms with Gasteiger partial charge in [0.05, 0.1) is 30.6 Å². The molecule has 0 aliphatic rings. The average Bonchev–Trinajstić information content (AvgIpc) is 3.39. The largest absolute Gasteiger partial charge is 0.462 e. The second-order valence-electron chi connectivity index (χ2n) is 6.22. The lowest BCUT2D eigenvalue weighted by Crippen LogP contribution is -2.04. The summed E-state index contributed by atoms with van der Waals surface area (Å²) in [5.74, 6) is -0.355. The molecule has 0 fully saturated rings. The van der Waals surface area contributed by atoms with Crippen LogP contribution in [0.15, 0.2) is 72.4 Å². The number of hydrogen-bond acceptors (Lipinski definition) is 5. The van der Waals surface area contributed by atoms with Crippen LogP contribution in [0.2, 0.25) is 0 Å². The zero-order valence-corrected chi connectivity index (χ0v) is 16.2. The molecule has 2 aromatic carbocycles. The fourth-order valence-corrected chi connectivity index (χ4v) is 3.71. The Kier molecular flexibility index (Phi) is 5.30. The van der Waals surface area contributed by atoms with Crippen molar-refractivity contribution in [1.82, 2.24) is 14.8 Å². The number of esters is 1. The second kappa shape index (κ2) is 8.19. The molecule has 6 heteroatoms. The normalized spacial score (nSPS) is 10.8. The van der Waals surface area contributed by atoms with E-state index in [0.717, 1.165) is 16.3 Å². The van der Waals surface area contributed by atoms with E-state index < -0.39 is 0 Å². The Morgan fingerprint density at radius 1 is 1.07 bits per heavy atom.